The number of amides is 1. The first kappa shape index (κ1) is 17.2. The second kappa shape index (κ2) is 7.11. The SMILES string of the molecule is CCN(Cc1ccccc1)C(=O)c1cn(C(C)=O)c2cc(Cl)ccc12. The van der Waals surface area contributed by atoms with Crippen molar-refractivity contribution in [1.29, 1.82) is 0 Å². The minimum Gasteiger partial charge on any atom is -0.335 e. The van der Waals surface area contributed by atoms with Crippen molar-refractivity contribution in [1.82, 2.24) is 9.47 Å². The number of nitrogens with zero attached hydrogens (tertiary/aromatic N) is 2. The molecule has 128 valence electrons. The zero-order valence-electron chi connectivity index (χ0n) is 14.2. The molecule has 4 nitrogen and oxygen atoms in total. The minimum atomic E-state index is -0.155. The van der Waals surface area contributed by atoms with Crippen molar-refractivity contribution < 1.29 is 9.59 Å². The lowest BCUT2D eigenvalue weighted by Crippen LogP contribution is -2.30. The fourth-order valence-electron chi connectivity index (χ4n) is 2.93. The molecular formula is C20H19ClN2O2. The van der Waals surface area contributed by atoms with Crippen LogP contribution in [-0.4, -0.2) is 27.8 Å². The number of halogens is 1. The fraction of sp³-hybridized carbons (Fsp3) is 0.200. The Balaban J connectivity index is 2.02. The highest BCUT2D eigenvalue weighted by Crippen LogP contribution is 2.26. The maximum atomic E-state index is 13.1. The Morgan fingerprint density at radius 1 is 1.12 bits per heavy atom. The third-order valence-electron chi connectivity index (χ3n) is 4.22. The van der Waals surface area contributed by atoms with Gasteiger partial charge in [0.2, 0.25) is 5.91 Å². The largest absolute Gasteiger partial charge is 0.335 e. The van der Waals surface area contributed by atoms with E-state index in [2.05, 4.69) is 0 Å². The zero-order chi connectivity index (χ0) is 18.0. The average molecular weight is 355 g/mol. The molecule has 0 unspecified atom stereocenters. The molecule has 0 atom stereocenters. The Morgan fingerprint density at radius 3 is 2.48 bits per heavy atom. The van der Waals surface area contributed by atoms with Gasteiger partial charge in [-0.15, -0.1) is 0 Å². The van der Waals surface area contributed by atoms with Gasteiger partial charge in [0.25, 0.3) is 5.91 Å². The molecule has 3 rings (SSSR count). The molecule has 0 aliphatic rings. The monoisotopic (exact) mass is 354 g/mol. The van der Waals surface area contributed by atoms with Crippen molar-refractivity contribution in [3.8, 4) is 0 Å². The third kappa shape index (κ3) is 3.44. The second-order valence-electron chi connectivity index (χ2n) is 5.90. The van der Waals surface area contributed by atoms with Crippen LogP contribution >= 0.6 is 11.6 Å². The first-order valence-corrected chi connectivity index (χ1v) is 8.53. The first-order chi connectivity index (χ1) is 12.0. The number of benzene rings is 2. The van der Waals surface area contributed by atoms with Gasteiger partial charge in [-0.1, -0.05) is 48.0 Å². The molecule has 0 aliphatic carbocycles. The van der Waals surface area contributed by atoms with Crippen LogP contribution in [-0.2, 0) is 6.54 Å². The predicted octanol–water partition coefficient (Wildman–Crippen LogP) is 4.62. The number of aromatic nitrogens is 1. The van der Waals surface area contributed by atoms with E-state index < -0.39 is 0 Å². The van der Waals surface area contributed by atoms with Crippen molar-refractivity contribution >= 4 is 34.3 Å². The van der Waals surface area contributed by atoms with Gasteiger partial charge in [-0.25, -0.2) is 0 Å². The molecule has 2 aromatic carbocycles. The normalized spacial score (nSPS) is 10.8. The summed E-state index contributed by atoms with van der Waals surface area (Å²) in [5.41, 5.74) is 2.23. The van der Waals surface area contributed by atoms with Crippen molar-refractivity contribution in [3.05, 3.63) is 70.9 Å². The van der Waals surface area contributed by atoms with Crippen molar-refractivity contribution in [2.45, 2.75) is 20.4 Å². The molecule has 0 saturated heterocycles. The number of rotatable bonds is 4. The van der Waals surface area contributed by atoms with E-state index in [1.165, 1.54) is 11.5 Å². The Hall–Kier alpha value is -2.59. The van der Waals surface area contributed by atoms with E-state index in [4.69, 9.17) is 11.6 Å². The van der Waals surface area contributed by atoms with Crippen LogP contribution < -0.4 is 0 Å². The molecule has 1 amide bonds. The zero-order valence-corrected chi connectivity index (χ0v) is 15.0. The van der Waals surface area contributed by atoms with Gasteiger partial charge >= 0.3 is 0 Å². The molecule has 1 aromatic heterocycles. The van der Waals surface area contributed by atoms with Crippen molar-refractivity contribution in [2.24, 2.45) is 0 Å². The molecular weight excluding hydrogens is 336 g/mol. The summed E-state index contributed by atoms with van der Waals surface area (Å²) in [6.07, 6.45) is 1.61. The Kier molecular flexibility index (Phi) is 4.91. The molecule has 0 spiro atoms. The van der Waals surface area contributed by atoms with Crippen LogP contribution in [0.15, 0.2) is 54.7 Å². The Labute approximate surface area is 151 Å². The molecule has 25 heavy (non-hydrogen) atoms. The molecule has 1 heterocycles. The summed E-state index contributed by atoms with van der Waals surface area (Å²) in [5.74, 6) is -0.254. The van der Waals surface area contributed by atoms with Crippen LogP contribution in [0, 0.1) is 0 Å². The second-order valence-corrected chi connectivity index (χ2v) is 6.33. The van der Waals surface area contributed by atoms with Crippen LogP contribution in [0.5, 0.6) is 0 Å². The van der Waals surface area contributed by atoms with Crippen LogP contribution in [0.4, 0.5) is 0 Å². The molecule has 5 heteroatoms. The lowest BCUT2D eigenvalue weighted by molar-refractivity contribution is 0.0754. The average Bonchev–Trinajstić information content (AvgIpc) is 2.98. The summed E-state index contributed by atoms with van der Waals surface area (Å²) in [5, 5.41) is 1.26. The quantitative estimate of drug-likeness (QED) is 0.686. The molecule has 3 aromatic rings. The van der Waals surface area contributed by atoms with E-state index in [1.807, 2.05) is 37.3 Å². The highest BCUT2D eigenvalue weighted by molar-refractivity contribution is 6.31. The molecule has 0 aliphatic heterocycles. The lowest BCUT2D eigenvalue weighted by atomic mass is 10.1. The highest BCUT2D eigenvalue weighted by Gasteiger charge is 2.21. The summed E-state index contributed by atoms with van der Waals surface area (Å²) < 4.78 is 1.48. The van der Waals surface area contributed by atoms with E-state index in [0.29, 0.717) is 29.2 Å². The molecule has 0 fully saturated rings. The van der Waals surface area contributed by atoms with Gasteiger partial charge in [0.05, 0.1) is 11.1 Å². The lowest BCUT2D eigenvalue weighted by Gasteiger charge is -2.20. The van der Waals surface area contributed by atoms with Crippen LogP contribution in [0.3, 0.4) is 0 Å². The van der Waals surface area contributed by atoms with Gasteiger partial charge in [-0.05, 0) is 24.6 Å². The minimum absolute atomic E-state index is 0.0984. The maximum absolute atomic E-state index is 13.1. The first-order valence-electron chi connectivity index (χ1n) is 8.16. The van der Waals surface area contributed by atoms with Crippen LogP contribution in [0.1, 0.15) is 34.6 Å². The van der Waals surface area contributed by atoms with Crippen LogP contribution in [0.2, 0.25) is 5.02 Å². The molecule has 0 bridgehead atoms. The number of carbonyl (C=O) groups excluding carboxylic acids is 2. The van der Waals surface area contributed by atoms with E-state index in [-0.39, 0.29) is 11.8 Å². The van der Waals surface area contributed by atoms with E-state index in [9.17, 15) is 9.59 Å². The number of fused-ring (bicyclic) bond motifs is 1. The smallest absolute Gasteiger partial charge is 0.256 e. The predicted molar refractivity (Wildman–Crippen MR) is 100 cm³/mol. The van der Waals surface area contributed by atoms with Gasteiger partial charge in [-0.3, -0.25) is 14.2 Å². The van der Waals surface area contributed by atoms with Gasteiger partial charge < -0.3 is 4.90 Å². The van der Waals surface area contributed by atoms with E-state index in [0.717, 1.165) is 10.9 Å². The van der Waals surface area contributed by atoms with E-state index in [1.54, 1.807) is 29.3 Å². The van der Waals surface area contributed by atoms with Gasteiger partial charge in [0.15, 0.2) is 0 Å². The van der Waals surface area contributed by atoms with E-state index >= 15 is 0 Å². The number of carbonyl (C=O) groups is 2. The van der Waals surface area contributed by atoms with Crippen molar-refractivity contribution in [3.63, 3.8) is 0 Å². The highest BCUT2D eigenvalue weighted by atomic mass is 35.5. The maximum Gasteiger partial charge on any atom is 0.256 e. The third-order valence-corrected chi connectivity index (χ3v) is 4.46. The van der Waals surface area contributed by atoms with Gasteiger partial charge in [0, 0.05) is 36.6 Å². The molecule has 0 saturated carbocycles. The number of hydrogen-bond acceptors (Lipinski definition) is 2. The van der Waals surface area contributed by atoms with Crippen LogP contribution in [0.25, 0.3) is 10.9 Å². The van der Waals surface area contributed by atoms with Crippen molar-refractivity contribution in [2.75, 3.05) is 6.54 Å². The Bertz CT molecular complexity index is 932. The summed E-state index contributed by atoms with van der Waals surface area (Å²) in [4.78, 5) is 26.8. The standard InChI is InChI=1S/C20H19ClN2O2/c1-3-22(12-15-7-5-4-6-8-15)20(25)18-13-23(14(2)24)19-11-16(21)9-10-17(18)19/h4-11,13H,3,12H2,1-2H3. The summed E-state index contributed by atoms with van der Waals surface area (Å²) in [6.45, 7) is 4.52. The molecule has 0 N–H and O–H groups in total. The topological polar surface area (TPSA) is 42.3 Å². The summed E-state index contributed by atoms with van der Waals surface area (Å²) >= 11 is 6.06. The molecule has 0 radical (unpaired) electrons. The van der Waals surface area contributed by atoms with Gasteiger partial charge in [-0.2, -0.15) is 0 Å². The summed E-state index contributed by atoms with van der Waals surface area (Å²) in [6, 6.07) is 15.1. The fourth-order valence-corrected chi connectivity index (χ4v) is 3.10. The Morgan fingerprint density at radius 2 is 1.84 bits per heavy atom. The van der Waals surface area contributed by atoms with Gasteiger partial charge in [0.1, 0.15) is 0 Å². The number of hydrogen-bond donors (Lipinski definition) is 0. The summed E-state index contributed by atoms with van der Waals surface area (Å²) in [7, 11) is 0.